The Kier molecular flexibility index (Phi) is 2.63. The lowest BCUT2D eigenvalue weighted by atomic mass is 10.2. The molecule has 13 heavy (non-hydrogen) atoms. The predicted octanol–water partition coefficient (Wildman–Crippen LogP) is 0.872. The molecule has 0 aromatic heterocycles. The minimum absolute atomic E-state index is 0.164. The summed E-state index contributed by atoms with van der Waals surface area (Å²) in [6, 6.07) is 4.38. The third kappa shape index (κ3) is 2.03. The molecule has 1 unspecified atom stereocenters. The predicted molar refractivity (Wildman–Crippen MR) is 49.9 cm³/mol. The fourth-order valence-electron chi connectivity index (χ4n) is 0.947. The normalized spacial score (nSPS) is 12.5. The summed E-state index contributed by atoms with van der Waals surface area (Å²) >= 11 is 0. The van der Waals surface area contributed by atoms with Gasteiger partial charge in [-0.05, 0) is 19.1 Å². The van der Waals surface area contributed by atoms with E-state index in [4.69, 9.17) is 5.11 Å². The van der Waals surface area contributed by atoms with E-state index in [0.29, 0.717) is 5.69 Å². The molecule has 72 valence electrons. The van der Waals surface area contributed by atoms with E-state index >= 15 is 0 Å². The summed E-state index contributed by atoms with van der Waals surface area (Å²) in [7, 11) is 1.69. The monoisotopic (exact) mass is 183 g/mol. The van der Waals surface area contributed by atoms with E-state index < -0.39 is 6.23 Å². The highest BCUT2D eigenvalue weighted by Crippen LogP contribution is 2.29. The van der Waals surface area contributed by atoms with Gasteiger partial charge in [0.15, 0.2) is 11.5 Å². The topological polar surface area (TPSA) is 63.9 Å². The zero-order chi connectivity index (χ0) is 10.0. The van der Waals surface area contributed by atoms with E-state index in [0.717, 1.165) is 0 Å². The molecule has 0 saturated carbocycles. The Labute approximate surface area is 76.7 Å². The molecule has 1 aromatic rings. The first-order chi connectivity index (χ1) is 6.02. The van der Waals surface area contributed by atoms with Crippen LogP contribution < -0.4 is 4.90 Å². The summed E-state index contributed by atoms with van der Waals surface area (Å²) in [5.74, 6) is -0.354. The van der Waals surface area contributed by atoms with Crippen molar-refractivity contribution in [3.05, 3.63) is 18.2 Å². The Morgan fingerprint density at radius 1 is 1.23 bits per heavy atom. The maximum Gasteiger partial charge on any atom is 0.159 e. The molecule has 0 bridgehead atoms. The molecule has 1 rings (SSSR count). The van der Waals surface area contributed by atoms with Crippen LogP contribution >= 0.6 is 0 Å². The van der Waals surface area contributed by atoms with Gasteiger partial charge in [-0.15, -0.1) is 0 Å². The van der Waals surface area contributed by atoms with Crippen molar-refractivity contribution >= 4 is 5.69 Å². The molecule has 0 heterocycles. The van der Waals surface area contributed by atoms with Crippen LogP contribution in [0, 0.1) is 0 Å². The van der Waals surface area contributed by atoms with Crippen LogP contribution in [0.1, 0.15) is 6.92 Å². The number of anilines is 1. The fourth-order valence-corrected chi connectivity index (χ4v) is 0.947. The van der Waals surface area contributed by atoms with Crippen LogP contribution in [0.5, 0.6) is 11.5 Å². The molecular weight excluding hydrogens is 170 g/mol. The molecule has 1 aromatic carbocycles. The molecule has 0 spiro atoms. The average Bonchev–Trinajstić information content (AvgIpc) is 2.08. The average molecular weight is 183 g/mol. The van der Waals surface area contributed by atoms with Crippen molar-refractivity contribution in [2.24, 2.45) is 0 Å². The van der Waals surface area contributed by atoms with Crippen LogP contribution in [-0.2, 0) is 0 Å². The third-order valence-electron chi connectivity index (χ3n) is 1.93. The lowest BCUT2D eigenvalue weighted by molar-refractivity contribution is 0.195. The summed E-state index contributed by atoms with van der Waals surface area (Å²) < 4.78 is 0. The van der Waals surface area contributed by atoms with Gasteiger partial charge in [-0.1, -0.05) is 0 Å². The largest absolute Gasteiger partial charge is 0.504 e. The first kappa shape index (κ1) is 9.67. The van der Waals surface area contributed by atoms with Crippen LogP contribution in [0.15, 0.2) is 18.2 Å². The van der Waals surface area contributed by atoms with Crippen molar-refractivity contribution in [2.75, 3.05) is 11.9 Å². The van der Waals surface area contributed by atoms with Crippen molar-refractivity contribution in [1.82, 2.24) is 0 Å². The zero-order valence-corrected chi connectivity index (χ0v) is 7.60. The van der Waals surface area contributed by atoms with Gasteiger partial charge >= 0.3 is 0 Å². The standard InChI is InChI=1S/C9H13NO3/c1-6(11)10(2)7-3-4-8(12)9(13)5-7/h3-6,11-13H,1-2H3. The minimum atomic E-state index is -0.635. The van der Waals surface area contributed by atoms with Gasteiger partial charge in [-0.3, -0.25) is 0 Å². The van der Waals surface area contributed by atoms with Crippen LogP contribution in [-0.4, -0.2) is 28.6 Å². The fraction of sp³-hybridized carbons (Fsp3) is 0.333. The smallest absolute Gasteiger partial charge is 0.159 e. The second-order valence-corrected chi connectivity index (χ2v) is 2.92. The van der Waals surface area contributed by atoms with Crippen LogP contribution in [0.25, 0.3) is 0 Å². The SMILES string of the molecule is CC(O)N(C)c1ccc(O)c(O)c1. The first-order valence-electron chi connectivity index (χ1n) is 3.95. The van der Waals surface area contributed by atoms with Gasteiger partial charge in [-0.2, -0.15) is 0 Å². The Morgan fingerprint density at radius 3 is 2.31 bits per heavy atom. The summed E-state index contributed by atoms with van der Waals surface area (Å²) in [6.07, 6.45) is -0.635. The Balaban J connectivity index is 2.97. The summed E-state index contributed by atoms with van der Waals surface area (Å²) in [5.41, 5.74) is 0.644. The van der Waals surface area contributed by atoms with Crippen molar-refractivity contribution in [1.29, 1.82) is 0 Å². The lowest BCUT2D eigenvalue weighted by Crippen LogP contribution is -2.27. The summed E-state index contributed by atoms with van der Waals surface area (Å²) in [5, 5.41) is 27.4. The molecule has 0 aliphatic rings. The molecule has 0 saturated heterocycles. The van der Waals surface area contributed by atoms with Gasteiger partial charge in [0.05, 0.1) is 0 Å². The molecule has 0 radical (unpaired) electrons. The molecule has 0 aliphatic carbocycles. The maximum atomic E-state index is 9.22. The Morgan fingerprint density at radius 2 is 1.85 bits per heavy atom. The number of aliphatic hydroxyl groups excluding tert-OH is 1. The quantitative estimate of drug-likeness (QED) is 0.470. The number of hydrogen-bond donors (Lipinski definition) is 3. The highest BCUT2D eigenvalue weighted by molar-refractivity contribution is 5.55. The van der Waals surface area contributed by atoms with Gasteiger partial charge in [0.2, 0.25) is 0 Å². The number of nitrogens with zero attached hydrogens (tertiary/aromatic N) is 1. The highest BCUT2D eigenvalue weighted by atomic mass is 16.3. The molecule has 4 heteroatoms. The molecule has 0 amide bonds. The first-order valence-corrected chi connectivity index (χ1v) is 3.95. The number of phenolic OH excluding ortho intramolecular Hbond substituents is 2. The van der Waals surface area contributed by atoms with Crippen LogP contribution in [0.3, 0.4) is 0 Å². The molecule has 4 nitrogen and oxygen atoms in total. The van der Waals surface area contributed by atoms with Crippen LogP contribution in [0.2, 0.25) is 0 Å². The number of aliphatic hydroxyl groups is 1. The molecule has 1 atom stereocenters. The number of aromatic hydroxyl groups is 2. The molecular formula is C9H13NO3. The maximum absolute atomic E-state index is 9.22. The lowest BCUT2D eigenvalue weighted by Gasteiger charge is -2.22. The minimum Gasteiger partial charge on any atom is -0.504 e. The van der Waals surface area contributed by atoms with Crippen molar-refractivity contribution in [2.45, 2.75) is 13.2 Å². The van der Waals surface area contributed by atoms with E-state index in [-0.39, 0.29) is 11.5 Å². The zero-order valence-electron chi connectivity index (χ0n) is 7.60. The van der Waals surface area contributed by atoms with Crippen molar-refractivity contribution < 1.29 is 15.3 Å². The van der Waals surface area contributed by atoms with Gasteiger partial charge in [0.25, 0.3) is 0 Å². The number of rotatable bonds is 2. The van der Waals surface area contributed by atoms with Crippen molar-refractivity contribution in [3.63, 3.8) is 0 Å². The third-order valence-corrected chi connectivity index (χ3v) is 1.93. The number of hydrogen-bond acceptors (Lipinski definition) is 4. The van der Waals surface area contributed by atoms with E-state index in [9.17, 15) is 10.2 Å². The molecule has 3 N–H and O–H groups in total. The molecule has 0 fully saturated rings. The van der Waals surface area contributed by atoms with E-state index in [1.165, 1.54) is 12.1 Å². The Hall–Kier alpha value is -1.42. The van der Waals surface area contributed by atoms with Gasteiger partial charge in [-0.25, -0.2) is 0 Å². The van der Waals surface area contributed by atoms with Gasteiger partial charge in [0.1, 0.15) is 6.23 Å². The van der Waals surface area contributed by atoms with Crippen LogP contribution in [0.4, 0.5) is 5.69 Å². The highest BCUT2D eigenvalue weighted by Gasteiger charge is 2.08. The van der Waals surface area contributed by atoms with E-state index in [1.54, 1.807) is 24.9 Å². The number of phenols is 2. The van der Waals surface area contributed by atoms with Crippen molar-refractivity contribution in [3.8, 4) is 11.5 Å². The Bertz CT molecular complexity index is 299. The summed E-state index contributed by atoms with van der Waals surface area (Å²) in [6.45, 7) is 1.61. The summed E-state index contributed by atoms with van der Waals surface area (Å²) in [4.78, 5) is 1.57. The second-order valence-electron chi connectivity index (χ2n) is 2.92. The van der Waals surface area contributed by atoms with Gasteiger partial charge < -0.3 is 20.2 Å². The van der Waals surface area contributed by atoms with E-state index in [2.05, 4.69) is 0 Å². The van der Waals surface area contributed by atoms with E-state index in [1.807, 2.05) is 0 Å². The molecule has 0 aliphatic heterocycles. The number of benzene rings is 1. The second kappa shape index (κ2) is 3.53. The van der Waals surface area contributed by atoms with Gasteiger partial charge in [0, 0.05) is 18.8 Å².